The molecule has 0 aliphatic heterocycles. The monoisotopic (exact) mass is 396 g/mol. The first kappa shape index (κ1) is 21.4. The van der Waals surface area contributed by atoms with E-state index >= 15 is 0 Å². The van der Waals surface area contributed by atoms with E-state index in [4.69, 9.17) is 0 Å². The van der Waals surface area contributed by atoms with E-state index in [1.165, 1.54) is 11.0 Å². The highest BCUT2D eigenvalue weighted by molar-refractivity contribution is 7.51. The van der Waals surface area contributed by atoms with Gasteiger partial charge in [0.25, 0.3) is 0 Å². The van der Waals surface area contributed by atoms with Crippen molar-refractivity contribution in [2.75, 3.05) is 19.4 Å². The summed E-state index contributed by atoms with van der Waals surface area (Å²) in [5, 5.41) is 32.5. The Morgan fingerprint density at radius 2 is 1.52 bits per heavy atom. The molecular weight excluding hydrogens is 371 g/mol. The molecule has 0 fully saturated rings. The number of benzene rings is 2. The predicted octanol–water partition coefficient (Wildman–Crippen LogP) is 1.19. The number of aliphatic hydroxyl groups is 1. The molecule has 0 saturated heterocycles. The van der Waals surface area contributed by atoms with Crippen LogP contribution in [0, 0.1) is 0 Å². The number of rotatable bonds is 10. The Morgan fingerprint density at radius 1 is 0.963 bits per heavy atom. The van der Waals surface area contributed by atoms with E-state index in [0.29, 0.717) is 11.1 Å². The molecule has 0 bridgehead atoms. The molecule has 8 nitrogen and oxygen atoms in total. The zero-order valence-electron chi connectivity index (χ0n) is 14.8. The molecule has 1 unspecified atom stereocenters. The summed E-state index contributed by atoms with van der Waals surface area (Å²) >= 11 is 0. The lowest BCUT2D eigenvalue weighted by Crippen LogP contribution is -2.43. The van der Waals surface area contributed by atoms with Crippen molar-refractivity contribution < 1.29 is 29.7 Å². The van der Waals surface area contributed by atoms with Crippen LogP contribution in [0.2, 0.25) is 0 Å². The minimum Gasteiger partial charge on any atom is -0.508 e. The molecule has 2 aromatic carbocycles. The number of para-hydroxylation sites is 2. The molecule has 0 saturated carbocycles. The average molecular weight is 396 g/mol. The van der Waals surface area contributed by atoms with E-state index in [1.54, 1.807) is 42.5 Å². The molecule has 0 aliphatic carbocycles. The van der Waals surface area contributed by atoms with Crippen molar-refractivity contribution in [3.63, 3.8) is 0 Å². The van der Waals surface area contributed by atoms with Crippen LogP contribution in [0.4, 0.5) is 0 Å². The molecule has 0 aliphatic rings. The Hall–Kier alpha value is -1.93. The Kier molecular flexibility index (Phi) is 7.79. The molecule has 0 amide bonds. The summed E-state index contributed by atoms with van der Waals surface area (Å²) in [7, 11) is -4.33. The zero-order chi connectivity index (χ0) is 19.9. The smallest absolute Gasteiger partial charge is 0.339 e. The summed E-state index contributed by atoms with van der Waals surface area (Å²) in [4.78, 5) is 20.2. The van der Waals surface area contributed by atoms with Gasteiger partial charge in [-0.05, 0) is 12.1 Å². The molecule has 9 heteroatoms. The Balaban J connectivity index is 2.06. The van der Waals surface area contributed by atoms with Gasteiger partial charge < -0.3 is 30.4 Å². The zero-order valence-corrected chi connectivity index (χ0v) is 15.7. The van der Waals surface area contributed by atoms with Gasteiger partial charge >= 0.3 is 7.60 Å². The van der Waals surface area contributed by atoms with Crippen molar-refractivity contribution in [3.8, 4) is 11.5 Å². The molecule has 2 rings (SSSR count). The highest BCUT2D eigenvalue weighted by Gasteiger charge is 2.23. The fraction of sp³-hybridized carbons (Fsp3) is 0.333. The van der Waals surface area contributed by atoms with Gasteiger partial charge in [0.05, 0.1) is 6.61 Å². The summed E-state index contributed by atoms with van der Waals surface area (Å²) in [6.07, 6.45) is -0.504. The van der Waals surface area contributed by atoms with Crippen LogP contribution in [0.15, 0.2) is 48.5 Å². The van der Waals surface area contributed by atoms with Gasteiger partial charge in [-0.25, -0.2) is 0 Å². The van der Waals surface area contributed by atoms with Crippen molar-refractivity contribution in [1.29, 1.82) is 0 Å². The number of hydrogen-bond acceptors (Lipinski definition) is 6. The molecular formula is C18H25N2O6P. The van der Waals surface area contributed by atoms with Gasteiger partial charge in [-0.1, -0.05) is 36.4 Å². The minimum atomic E-state index is -4.33. The second-order valence-electron chi connectivity index (χ2n) is 6.34. The average Bonchev–Trinajstić information content (AvgIpc) is 2.60. The van der Waals surface area contributed by atoms with Crippen LogP contribution in [-0.4, -0.2) is 55.5 Å². The third-order valence-corrected chi connectivity index (χ3v) is 4.81. The number of phenols is 2. The van der Waals surface area contributed by atoms with Crippen molar-refractivity contribution in [1.82, 2.24) is 10.2 Å². The fourth-order valence-electron chi connectivity index (χ4n) is 2.73. The summed E-state index contributed by atoms with van der Waals surface area (Å²) in [6, 6.07) is 12.9. The summed E-state index contributed by atoms with van der Waals surface area (Å²) < 4.78 is 11.5. The van der Waals surface area contributed by atoms with Gasteiger partial charge in [-0.3, -0.25) is 9.46 Å². The van der Waals surface area contributed by atoms with Crippen LogP contribution in [0.25, 0.3) is 0 Å². The molecule has 0 radical (unpaired) electrons. The van der Waals surface area contributed by atoms with Crippen LogP contribution >= 0.6 is 7.60 Å². The van der Waals surface area contributed by atoms with E-state index in [9.17, 15) is 29.7 Å². The number of hydrogen-bond donors (Lipinski definition) is 6. The van der Waals surface area contributed by atoms with Crippen LogP contribution in [0.1, 0.15) is 11.1 Å². The third kappa shape index (κ3) is 7.30. The molecule has 148 valence electrons. The van der Waals surface area contributed by atoms with Crippen molar-refractivity contribution in [3.05, 3.63) is 59.7 Å². The lowest BCUT2D eigenvalue weighted by Gasteiger charge is -2.28. The van der Waals surface area contributed by atoms with Gasteiger partial charge in [0, 0.05) is 36.8 Å². The van der Waals surface area contributed by atoms with Crippen molar-refractivity contribution in [2.45, 2.75) is 19.1 Å². The molecule has 0 aromatic heterocycles. The first-order valence-corrected chi connectivity index (χ1v) is 10.2. The quantitative estimate of drug-likeness (QED) is 0.330. The number of phenolic OH excluding ortho intramolecular Hbond substituents is 2. The van der Waals surface area contributed by atoms with Gasteiger partial charge in [0.1, 0.15) is 17.8 Å². The molecule has 0 heterocycles. The fourth-order valence-corrected chi connectivity index (χ4v) is 3.47. The molecule has 6 N–H and O–H groups in total. The molecule has 27 heavy (non-hydrogen) atoms. The van der Waals surface area contributed by atoms with Crippen molar-refractivity contribution >= 4 is 7.60 Å². The second-order valence-corrected chi connectivity index (χ2v) is 7.95. The topological polar surface area (TPSA) is 133 Å². The molecule has 1 atom stereocenters. The maximum absolute atomic E-state index is 11.5. The maximum Gasteiger partial charge on any atom is 0.339 e. The van der Waals surface area contributed by atoms with E-state index < -0.39 is 19.9 Å². The number of nitrogens with one attached hydrogen (secondary N) is 1. The highest BCUT2D eigenvalue weighted by atomic mass is 31.2. The molecule has 2 aromatic rings. The van der Waals surface area contributed by atoms with Crippen LogP contribution in [0.5, 0.6) is 11.5 Å². The Labute approximate surface area is 157 Å². The SMILES string of the molecule is O=P(O)(O)CN(Cc1ccccc1O)CC(CO)NCc1ccccc1O. The van der Waals surface area contributed by atoms with E-state index in [-0.39, 0.29) is 37.7 Å². The standard InChI is InChI=1S/C18H25N2O6P/c21-12-16(19-9-14-5-1-3-7-17(14)22)11-20(13-27(24,25)26)10-15-6-2-4-8-18(15)23/h1-8,16,19,21-23H,9-13H2,(H2,24,25,26). The van der Waals surface area contributed by atoms with Crippen LogP contribution in [-0.2, 0) is 17.7 Å². The van der Waals surface area contributed by atoms with E-state index in [1.807, 2.05) is 0 Å². The lowest BCUT2D eigenvalue weighted by atomic mass is 10.1. The van der Waals surface area contributed by atoms with Gasteiger partial charge in [0.15, 0.2) is 0 Å². The minimum absolute atomic E-state index is 0.0379. The third-order valence-electron chi connectivity index (χ3n) is 4.04. The lowest BCUT2D eigenvalue weighted by molar-refractivity contribution is 0.181. The van der Waals surface area contributed by atoms with E-state index in [2.05, 4.69) is 5.32 Å². The Bertz CT molecular complexity index is 782. The first-order chi connectivity index (χ1) is 12.8. The number of aromatic hydroxyl groups is 2. The summed E-state index contributed by atoms with van der Waals surface area (Å²) in [6.45, 7) is 0.292. The first-order valence-electron chi connectivity index (χ1n) is 8.43. The van der Waals surface area contributed by atoms with Crippen LogP contribution in [0.3, 0.4) is 0 Å². The largest absolute Gasteiger partial charge is 0.508 e. The second kappa shape index (κ2) is 9.85. The summed E-state index contributed by atoms with van der Waals surface area (Å²) in [5.74, 6) is 0.166. The van der Waals surface area contributed by atoms with Gasteiger partial charge in [-0.15, -0.1) is 0 Å². The van der Waals surface area contributed by atoms with Gasteiger partial charge in [-0.2, -0.15) is 0 Å². The highest BCUT2D eigenvalue weighted by Crippen LogP contribution is 2.36. The number of aliphatic hydroxyl groups excluding tert-OH is 1. The predicted molar refractivity (Wildman–Crippen MR) is 101 cm³/mol. The van der Waals surface area contributed by atoms with Gasteiger partial charge in [0.2, 0.25) is 0 Å². The number of nitrogens with zero attached hydrogens (tertiary/aromatic N) is 1. The Morgan fingerprint density at radius 3 is 2.04 bits per heavy atom. The normalized spacial score (nSPS) is 13.0. The van der Waals surface area contributed by atoms with E-state index in [0.717, 1.165) is 0 Å². The van der Waals surface area contributed by atoms with Crippen molar-refractivity contribution in [2.24, 2.45) is 0 Å². The van der Waals surface area contributed by atoms with Crippen LogP contribution < -0.4 is 5.32 Å². The summed E-state index contributed by atoms with van der Waals surface area (Å²) in [5.41, 5.74) is 1.18. The molecule has 0 spiro atoms. The maximum atomic E-state index is 11.5.